The number of esters is 1. The van der Waals surface area contributed by atoms with Crippen molar-refractivity contribution in [2.24, 2.45) is 5.92 Å². The zero-order valence-electron chi connectivity index (χ0n) is 15.6. The number of nitrogens with one attached hydrogen (secondary N) is 1. The molecule has 1 aromatic rings. The van der Waals surface area contributed by atoms with Gasteiger partial charge in [0.05, 0.1) is 34.4 Å². The van der Waals surface area contributed by atoms with Gasteiger partial charge in [-0.1, -0.05) is 0 Å². The maximum absolute atomic E-state index is 11.8. The Morgan fingerprint density at radius 1 is 1.15 bits per heavy atom. The standard InChI is InChI=1S/C19H27NO6/c1-22-15-8-12(9-16(23-2)18(15)24-3)7-13-10-17(21)26-19(13)25-11-14-5-4-6-20-14/h8-9,13-14,19-20H,4-7,10-11H2,1-3H3. The quantitative estimate of drug-likeness (QED) is 0.705. The fraction of sp³-hybridized carbons (Fsp3) is 0.632. The number of hydrogen-bond donors (Lipinski definition) is 1. The van der Waals surface area contributed by atoms with E-state index in [2.05, 4.69) is 5.32 Å². The molecule has 2 aliphatic heterocycles. The van der Waals surface area contributed by atoms with E-state index in [9.17, 15) is 4.79 Å². The van der Waals surface area contributed by atoms with Crippen molar-refractivity contribution in [2.45, 2.75) is 38.0 Å². The second-order valence-corrected chi connectivity index (χ2v) is 6.69. The van der Waals surface area contributed by atoms with Crippen LogP contribution < -0.4 is 19.5 Å². The third kappa shape index (κ3) is 4.22. The summed E-state index contributed by atoms with van der Waals surface area (Å²) in [6.07, 6.45) is 2.72. The Kier molecular flexibility index (Phi) is 6.21. The van der Waals surface area contributed by atoms with Crippen LogP contribution in [-0.2, 0) is 20.7 Å². The molecule has 144 valence electrons. The van der Waals surface area contributed by atoms with E-state index in [-0.39, 0.29) is 11.9 Å². The van der Waals surface area contributed by atoms with Gasteiger partial charge in [-0.05, 0) is 43.5 Å². The van der Waals surface area contributed by atoms with E-state index in [1.54, 1.807) is 21.3 Å². The van der Waals surface area contributed by atoms with E-state index in [0.29, 0.717) is 42.7 Å². The molecule has 3 unspecified atom stereocenters. The van der Waals surface area contributed by atoms with Crippen molar-refractivity contribution in [3.63, 3.8) is 0 Å². The van der Waals surface area contributed by atoms with E-state index < -0.39 is 6.29 Å². The molecule has 0 bridgehead atoms. The Morgan fingerprint density at radius 3 is 2.46 bits per heavy atom. The Bertz CT molecular complexity index is 603. The van der Waals surface area contributed by atoms with E-state index in [1.807, 2.05) is 12.1 Å². The molecule has 0 aromatic heterocycles. The highest BCUT2D eigenvalue weighted by molar-refractivity contribution is 5.72. The summed E-state index contributed by atoms with van der Waals surface area (Å²) in [4.78, 5) is 11.8. The summed E-state index contributed by atoms with van der Waals surface area (Å²) >= 11 is 0. The molecule has 2 saturated heterocycles. The molecule has 0 spiro atoms. The molecule has 1 aromatic carbocycles. The van der Waals surface area contributed by atoms with Crippen molar-refractivity contribution >= 4 is 5.97 Å². The van der Waals surface area contributed by atoms with Gasteiger partial charge >= 0.3 is 5.97 Å². The number of hydrogen-bond acceptors (Lipinski definition) is 7. The van der Waals surface area contributed by atoms with Crippen LogP contribution >= 0.6 is 0 Å². The third-order valence-corrected chi connectivity index (χ3v) is 4.91. The van der Waals surface area contributed by atoms with Crippen molar-refractivity contribution in [2.75, 3.05) is 34.5 Å². The van der Waals surface area contributed by atoms with Crippen LogP contribution in [0.25, 0.3) is 0 Å². The molecular weight excluding hydrogens is 338 g/mol. The third-order valence-electron chi connectivity index (χ3n) is 4.91. The zero-order chi connectivity index (χ0) is 18.5. The molecule has 0 amide bonds. The van der Waals surface area contributed by atoms with Crippen LogP contribution in [0.3, 0.4) is 0 Å². The first kappa shape index (κ1) is 18.8. The summed E-state index contributed by atoms with van der Waals surface area (Å²) in [5, 5.41) is 3.39. The maximum atomic E-state index is 11.8. The second-order valence-electron chi connectivity index (χ2n) is 6.69. The van der Waals surface area contributed by atoms with Gasteiger partial charge in [0.15, 0.2) is 11.5 Å². The number of benzene rings is 1. The van der Waals surface area contributed by atoms with Crippen LogP contribution in [0.4, 0.5) is 0 Å². The Hall–Kier alpha value is -1.99. The van der Waals surface area contributed by atoms with Gasteiger partial charge in [0.25, 0.3) is 0 Å². The molecule has 26 heavy (non-hydrogen) atoms. The van der Waals surface area contributed by atoms with E-state index in [4.69, 9.17) is 23.7 Å². The van der Waals surface area contributed by atoms with Crippen LogP contribution in [0, 0.1) is 5.92 Å². The van der Waals surface area contributed by atoms with Crippen LogP contribution in [0.2, 0.25) is 0 Å². The first-order chi connectivity index (χ1) is 12.6. The second kappa shape index (κ2) is 8.60. The average Bonchev–Trinajstić information content (AvgIpc) is 3.28. The van der Waals surface area contributed by atoms with Crippen molar-refractivity contribution in [1.82, 2.24) is 5.32 Å². The number of ether oxygens (including phenoxy) is 5. The average molecular weight is 365 g/mol. The topological polar surface area (TPSA) is 75.3 Å². The van der Waals surface area contributed by atoms with Gasteiger partial charge in [0.2, 0.25) is 12.0 Å². The minimum atomic E-state index is -0.510. The summed E-state index contributed by atoms with van der Waals surface area (Å²) < 4.78 is 27.5. The molecule has 2 heterocycles. The normalized spacial score (nSPS) is 25.2. The lowest BCUT2D eigenvalue weighted by molar-refractivity contribution is -0.168. The van der Waals surface area contributed by atoms with Crippen molar-refractivity contribution in [1.29, 1.82) is 0 Å². The lowest BCUT2D eigenvalue weighted by atomic mass is 9.96. The number of rotatable bonds is 8. The van der Waals surface area contributed by atoms with Gasteiger partial charge in [-0.2, -0.15) is 0 Å². The Labute approximate surface area is 153 Å². The van der Waals surface area contributed by atoms with Crippen LogP contribution in [0.5, 0.6) is 17.2 Å². The molecule has 3 atom stereocenters. The van der Waals surface area contributed by atoms with Crippen LogP contribution in [0.15, 0.2) is 12.1 Å². The van der Waals surface area contributed by atoms with Crippen molar-refractivity contribution in [3.05, 3.63) is 17.7 Å². The first-order valence-electron chi connectivity index (χ1n) is 8.98. The predicted molar refractivity (Wildman–Crippen MR) is 94.8 cm³/mol. The Balaban J connectivity index is 1.70. The Morgan fingerprint density at radius 2 is 1.88 bits per heavy atom. The SMILES string of the molecule is COc1cc(CC2CC(=O)OC2OCC2CCCN2)cc(OC)c1OC. The molecule has 1 N–H and O–H groups in total. The molecule has 0 radical (unpaired) electrons. The fourth-order valence-electron chi connectivity index (χ4n) is 3.59. The number of carbonyl (C=O) groups excluding carboxylic acids is 1. The van der Waals surface area contributed by atoms with Crippen LogP contribution in [-0.4, -0.2) is 52.8 Å². The summed E-state index contributed by atoms with van der Waals surface area (Å²) in [7, 11) is 4.75. The maximum Gasteiger partial charge on any atom is 0.308 e. The molecule has 2 fully saturated rings. The molecule has 0 aliphatic carbocycles. The monoisotopic (exact) mass is 365 g/mol. The number of methoxy groups -OCH3 is 3. The molecule has 3 rings (SSSR count). The molecule has 7 nitrogen and oxygen atoms in total. The number of carbonyl (C=O) groups is 1. The van der Waals surface area contributed by atoms with Gasteiger partial charge in [-0.15, -0.1) is 0 Å². The minimum Gasteiger partial charge on any atom is -0.493 e. The summed E-state index contributed by atoms with van der Waals surface area (Å²) in [5.74, 6) is 1.50. The first-order valence-corrected chi connectivity index (χ1v) is 8.98. The minimum absolute atomic E-state index is 0.0355. The van der Waals surface area contributed by atoms with Crippen LogP contribution in [0.1, 0.15) is 24.8 Å². The van der Waals surface area contributed by atoms with Gasteiger partial charge in [0.1, 0.15) is 0 Å². The smallest absolute Gasteiger partial charge is 0.308 e. The van der Waals surface area contributed by atoms with Gasteiger partial charge in [-0.25, -0.2) is 0 Å². The lowest BCUT2D eigenvalue weighted by Crippen LogP contribution is -2.31. The highest BCUT2D eigenvalue weighted by atomic mass is 16.7. The van der Waals surface area contributed by atoms with Gasteiger partial charge in [0, 0.05) is 12.0 Å². The highest BCUT2D eigenvalue weighted by Gasteiger charge is 2.36. The molecule has 0 saturated carbocycles. The van der Waals surface area contributed by atoms with E-state index in [1.165, 1.54) is 0 Å². The largest absolute Gasteiger partial charge is 0.493 e. The highest BCUT2D eigenvalue weighted by Crippen LogP contribution is 2.39. The molecular formula is C19H27NO6. The van der Waals surface area contributed by atoms with Gasteiger partial charge < -0.3 is 29.0 Å². The summed E-state index contributed by atoms with van der Waals surface area (Å²) in [6, 6.07) is 4.15. The van der Waals surface area contributed by atoms with Crippen molar-refractivity contribution in [3.8, 4) is 17.2 Å². The van der Waals surface area contributed by atoms with Gasteiger partial charge in [-0.3, -0.25) is 4.79 Å². The molecule has 2 aliphatic rings. The fourth-order valence-corrected chi connectivity index (χ4v) is 3.59. The van der Waals surface area contributed by atoms with E-state index in [0.717, 1.165) is 24.9 Å². The predicted octanol–water partition coefficient (Wildman–Crippen LogP) is 1.91. The summed E-state index contributed by atoms with van der Waals surface area (Å²) in [5.41, 5.74) is 0.982. The van der Waals surface area contributed by atoms with Crippen molar-refractivity contribution < 1.29 is 28.5 Å². The summed E-state index contributed by atoms with van der Waals surface area (Å²) in [6.45, 7) is 1.58. The van der Waals surface area contributed by atoms with E-state index >= 15 is 0 Å². The lowest BCUT2D eigenvalue weighted by Gasteiger charge is -2.21. The number of cyclic esters (lactones) is 1. The molecule has 7 heteroatoms. The zero-order valence-corrected chi connectivity index (χ0v) is 15.6.